The molecule has 1 amide bonds. The third-order valence-corrected chi connectivity index (χ3v) is 8.60. The van der Waals surface area contributed by atoms with Gasteiger partial charge >= 0.3 is 5.97 Å². The van der Waals surface area contributed by atoms with Gasteiger partial charge in [-0.25, -0.2) is 19.3 Å². The number of aromatic carboxylic acids is 1. The molecule has 11 nitrogen and oxygen atoms in total. The van der Waals surface area contributed by atoms with E-state index in [1.54, 1.807) is 26.9 Å². The number of carbonyl (C=O) groups is 2. The van der Waals surface area contributed by atoms with Gasteiger partial charge in [-0.2, -0.15) is 5.10 Å². The van der Waals surface area contributed by atoms with Crippen LogP contribution in [-0.4, -0.2) is 80.9 Å². The van der Waals surface area contributed by atoms with E-state index in [0.717, 1.165) is 45.1 Å². The highest BCUT2D eigenvalue weighted by Crippen LogP contribution is 2.39. The monoisotopic (exact) mass is 574 g/mol. The van der Waals surface area contributed by atoms with Gasteiger partial charge in [0, 0.05) is 36.3 Å². The van der Waals surface area contributed by atoms with Crippen LogP contribution in [0.1, 0.15) is 37.7 Å². The number of rotatable bonds is 6. The quantitative estimate of drug-likeness (QED) is 0.346. The van der Waals surface area contributed by atoms with Gasteiger partial charge in [-0.15, -0.1) is 11.3 Å². The van der Waals surface area contributed by atoms with Crippen molar-refractivity contribution in [2.75, 3.05) is 44.4 Å². The van der Waals surface area contributed by atoms with Gasteiger partial charge in [-0.3, -0.25) is 4.79 Å². The summed E-state index contributed by atoms with van der Waals surface area (Å²) in [4.78, 5) is 39.6. The number of carbonyl (C=O) groups excluding carboxylic acids is 1. The molecule has 4 aromatic rings. The number of aryl methyl sites for hydroxylation is 1. The first-order chi connectivity index (χ1) is 18.4. The summed E-state index contributed by atoms with van der Waals surface area (Å²) in [6, 6.07) is 4.61. The first kappa shape index (κ1) is 25.0. The lowest BCUT2D eigenvalue weighted by molar-refractivity contribution is -0.135. The lowest BCUT2D eigenvalue weighted by Crippen LogP contribution is -2.43. The molecular weight excluding hydrogens is 552 g/mol. The van der Waals surface area contributed by atoms with E-state index in [1.165, 1.54) is 22.7 Å². The first-order valence-electron chi connectivity index (χ1n) is 12.0. The first-order valence-corrected chi connectivity index (χ1v) is 14.0. The van der Waals surface area contributed by atoms with Crippen molar-refractivity contribution in [1.82, 2.24) is 24.5 Å². The summed E-state index contributed by atoms with van der Waals surface area (Å²) in [7, 11) is 0. The standard InChI is InChI=1S/C24H23ClN6O5S2/c1-13-28-31-20-15(26-24(31)38-13)4-5-30(21(20)17-10-14(12-37-17)23(33)34)19(32)11-36-16-2-3-18(27-22(16)25)29-6-8-35-9-7-29/h2-3,10,12,21H,4-9,11H2,1H3,(H,33,34). The van der Waals surface area contributed by atoms with E-state index in [4.69, 9.17) is 26.1 Å². The number of amides is 1. The lowest BCUT2D eigenvalue weighted by atomic mass is 10.0. The topological polar surface area (TPSA) is 122 Å². The highest BCUT2D eigenvalue weighted by atomic mass is 35.5. The van der Waals surface area contributed by atoms with Gasteiger partial charge in [0.15, 0.2) is 17.5 Å². The third-order valence-electron chi connectivity index (χ3n) is 6.52. The van der Waals surface area contributed by atoms with Crippen molar-refractivity contribution in [3.63, 3.8) is 0 Å². The lowest BCUT2D eigenvalue weighted by Gasteiger charge is -2.34. The van der Waals surface area contributed by atoms with E-state index >= 15 is 0 Å². The number of carboxylic acid groups (broad SMARTS) is 1. The van der Waals surface area contributed by atoms with Crippen molar-refractivity contribution in [3.05, 3.63) is 55.6 Å². The van der Waals surface area contributed by atoms with E-state index in [2.05, 4.69) is 15.0 Å². The molecule has 2 aliphatic heterocycles. The predicted octanol–water partition coefficient (Wildman–Crippen LogP) is 3.30. The normalized spacial score (nSPS) is 17.6. The van der Waals surface area contributed by atoms with E-state index in [0.29, 0.717) is 31.9 Å². The minimum absolute atomic E-state index is 0.175. The van der Waals surface area contributed by atoms with Crippen LogP contribution >= 0.6 is 34.3 Å². The van der Waals surface area contributed by atoms with Crippen molar-refractivity contribution in [2.24, 2.45) is 0 Å². The molecule has 1 atom stereocenters. The molecule has 6 heterocycles. The van der Waals surface area contributed by atoms with Gasteiger partial charge in [0.25, 0.3) is 5.91 Å². The average molecular weight is 575 g/mol. The maximum atomic E-state index is 13.6. The average Bonchev–Trinajstić information content (AvgIpc) is 3.62. The smallest absolute Gasteiger partial charge is 0.336 e. The molecule has 0 radical (unpaired) electrons. The Labute approximate surface area is 230 Å². The predicted molar refractivity (Wildman–Crippen MR) is 142 cm³/mol. The molecule has 1 saturated heterocycles. The van der Waals surface area contributed by atoms with Crippen molar-refractivity contribution in [1.29, 1.82) is 0 Å². The van der Waals surface area contributed by atoms with Crippen molar-refractivity contribution in [3.8, 4) is 5.75 Å². The van der Waals surface area contributed by atoms with Crippen LogP contribution in [0.15, 0.2) is 23.6 Å². The van der Waals surface area contributed by atoms with Gasteiger partial charge < -0.3 is 24.4 Å². The molecule has 2 aliphatic rings. The molecule has 14 heteroatoms. The number of ether oxygens (including phenoxy) is 2. The van der Waals surface area contributed by atoms with Gasteiger partial charge in [-0.1, -0.05) is 22.9 Å². The van der Waals surface area contributed by atoms with E-state index < -0.39 is 12.0 Å². The van der Waals surface area contributed by atoms with Gasteiger partial charge in [0.1, 0.15) is 16.9 Å². The molecule has 1 N–H and O–H groups in total. The van der Waals surface area contributed by atoms with Crippen LogP contribution in [0.25, 0.3) is 4.96 Å². The summed E-state index contributed by atoms with van der Waals surface area (Å²) >= 11 is 9.17. The number of nitrogens with zero attached hydrogens (tertiary/aromatic N) is 6. The second-order valence-electron chi connectivity index (χ2n) is 8.89. The zero-order valence-electron chi connectivity index (χ0n) is 20.3. The number of imidazole rings is 1. The molecule has 0 bridgehead atoms. The fourth-order valence-electron chi connectivity index (χ4n) is 4.74. The number of morpholine rings is 1. The summed E-state index contributed by atoms with van der Waals surface area (Å²) in [5, 5.41) is 16.7. The minimum Gasteiger partial charge on any atom is -0.481 e. The molecule has 4 aromatic heterocycles. The third kappa shape index (κ3) is 4.59. The Balaban J connectivity index is 1.26. The summed E-state index contributed by atoms with van der Waals surface area (Å²) < 4.78 is 13.0. The highest BCUT2D eigenvalue weighted by molar-refractivity contribution is 7.16. The molecular formula is C24H23ClN6O5S2. The summed E-state index contributed by atoms with van der Waals surface area (Å²) in [6.07, 6.45) is 0.556. The Bertz CT molecular complexity index is 1530. The van der Waals surface area contributed by atoms with Crippen LogP contribution in [0, 0.1) is 6.92 Å². The molecule has 38 heavy (non-hydrogen) atoms. The fraction of sp³-hybridized carbons (Fsp3) is 0.375. The van der Waals surface area contributed by atoms with Crippen LogP contribution in [-0.2, 0) is 16.0 Å². The van der Waals surface area contributed by atoms with Crippen LogP contribution < -0.4 is 9.64 Å². The molecule has 0 spiro atoms. The number of halogens is 1. The summed E-state index contributed by atoms with van der Waals surface area (Å²) in [5.41, 5.74) is 1.81. The van der Waals surface area contributed by atoms with Crippen LogP contribution in [0.5, 0.6) is 5.75 Å². The van der Waals surface area contributed by atoms with Crippen molar-refractivity contribution in [2.45, 2.75) is 19.4 Å². The number of pyridine rings is 1. The highest BCUT2D eigenvalue weighted by Gasteiger charge is 2.38. The molecule has 0 aliphatic carbocycles. The molecule has 1 unspecified atom stereocenters. The summed E-state index contributed by atoms with van der Waals surface area (Å²) in [5.74, 6) is -0.232. The van der Waals surface area contributed by atoms with Crippen molar-refractivity contribution >= 4 is 56.9 Å². The zero-order valence-corrected chi connectivity index (χ0v) is 22.7. The Morgan fingerprint density at radius 3 is 2.79 bits per heavy atom. The van der Waals surface area contributed by atoms with Gasteiger partial charge in [0.05, 0.1) is 30.2 Å². The minimum atomic E-state index is -1.02. The second-order valence-corrected chi connectivity index (χ2v) is 11.3. The number of hydrogen-bond donors (Lipinski definition) is 1. The number of hydrogen-bond acceptors (Lipinski definition) is 10. The van der Waals surface area contributed by atoms with E-state index in [9.17, 15) is 14.7 Å². The van der Waals surface area contributed by atoms with Crippen LogP contribution in [0.3, 0.4) is 0 Å². The molecule has 0 saturated carbocycles. The summed E-state index contributed by atoms with van der Waals surface area (Å²) in [6.45, 7) is 4.78. The Morgan fingerprint density at radius 2 is 2.05 bits per heavy atom. The Kier molecular flexibility index (Phi) is 6.68. The molecule has 1 fully saturated rings. The number of carboxylic acids is 1. The molecule has 0 aromatic carbocycles. The molecule has 198 valence electrons. The maximum absolute atomic E-state index is 13.6. The van der Waals surface area contributed by atoms with Crippen LogP contribution in [0.2, 0.25) is 5.15 Å². The van der Waals surface area contributed by atoms with E-state index in [1.807, 2.05) is 13.0 Å². The Morgan fingerprint density at radius 1 is 1.24 bits per heavy atom. The van der Waals surface area contributed by atoms with E-state index in [-0.39, 0.29) is 23.2 Å². The number of thiophene rings is 1. The largest absolute Gasteiger partial charge is 0.481 e. The second kappa shape index (κ2) is 10.1. The Hall–Kier alpha value is -3.26. The number of fused-ring (bicyclic) bond motifs is 3. The maximum Gasteiger partial charge on any atom is 0.336 e. The number of anilines is 1. The van der Waals surface area contributed by atoms with Gasteiger partial charge in [-0.05, 0) is 25.1 Å². The van der Waals surface area contributed by atoms with Crippen molar-refractivity contribution < 1.29 is 24.2 Å². The zero-order chi connectivity index (χ0) is 26.4. The SMILES string of the molecule is Cc1nn2c3c(nc2s1)CCN(C(=O)COc1ccc(N2CCOCC2)nc1Cl)C3c1cc(C(=O)O)cs1. The molecule has 6 rings (SSSR count). The van der Waals surface area contributed by atoms with Gasteiger partial charge in [0.2, 0.25) is 4.96 Å². The number of aromatic nitrogens is 4. The fourth-order valence-corrected chi connectivity index (χ4v) is 6.71. The van der Waals surface area contributed by atoms with Crippen LogP contribution in [0.4, 0.5) is 5.82 Å².